The maximum Gasteiger partial charge on any atom is 0.213 e. The highest BCUT2D eigenvalue weighted by atomic mass is 32.2. The molecule has 3 rings (SSSR count). The SMILES string of the molecule is CN(C)S(=O)(=O)CCCN1Cc2ccc(O)cc2C2(CC2)C1. The Morgan fingerprint density at radius 1 is 1.32 bits per heavy atom. The van der Waals surface area contributed by atoms with Gasteiger partial charge < -0.3 is 5.11 Å². The van der Waals surface area contributed by atoms with Gasteiger partial charge in [-0.1, -0.05) is 6.07 Å². The zero-order valence-electron chi connectivity index (χ0n) is 13.2. The monoisotopic (exact) mass is 324 g/mol. The summed E-state index contributed by atoms with van der Waals surface area (Å²) in [7, 11) is 0.0583. The van der Waals surface area contributed by atoms with Crippen LogP contribution in [-0.4, -0.2) is 55.7 Å². The van der Waals surface area contributed by atoms with Crippen molar-refractivity contribution in [1.29, 1.82) is 0 Å². The zero-order chi connectivity index (χ0) is 16.0. The van der Waals surface area contributed by atoms with Crippen molar-refractivity contribution >= 4 is 10.0 Å². The Morgan fingerprint density at radius 3 is 2.68 bits per heavy atom. The normalized spacial score (nSPS) is 20.3. The van der Waals surface area contributed by atoms with E-state index in [1.807, 2.05) is 12.1 Å². The van der Waals surface area contributed by atoms with E-state index in [9.17, 15) is 13.5 Å². The molecule has 0 aromatic heterocycles. The lowest BCUT2D eigenvalue weighted by molar-refractivity contribution is 0.222. The van der Waals surface area contributed by atoms with Crippen LogP contribution in [0.5, 0.6) is 5.75 Å². The fourth-order valence-electron chi connectivity index (χ4n) is 3.40. The quantitative estimate of drug-likeness (QED) is 0.892. The molecule has 6 heteroatoms. The summed E-state index contributed by atoms with van der Waals surface area (Å²) in [5, 5.41) is 9.71. The van der Waals surface area contributed by atoms with Crippen LogP contribution in [-0.2, 0) is 22.0 Å². The maximum atomic E-state index is 11.8. The third kappa shape index (κ3) is 3.00. The van der Waals surface area contributed by atoms with E-state index in [2.05, 4.69) is 4.90 Å². The molecule has 0 bridgehead atoms. The summed E-state index contributed by atoms with van der Waals surface area (Å²) < 4.78 is 24.9. The van der Waals surface area contributed by atoms with Gasteiger partial charge in [0.1, 0.15) is 5.75 Å². The highest BCUT2D eigenvalue weighted by Crippen LogP contribution is 2.52. The molecule has 0 unspecified atom stereocenters. The van der Waals surface area contributed by atoms with Crippen molar-refractivity contribution in [1.82, 2.24) is 9.21 Å². The van der Waals surface area contributed by atoms with E-state index in [4.69, 9.17) is 0 Å². The predicted molar refractivity (Wildman–Crippen MR) is 86.4 cm³/mol. The van der Waals surface area contributed by atoms with Gasteiger partial charge in [0.2, 0.25) is 10.0 Å². The van der Waals surface area contributed by atoms with Gasteiger partial charge in [-0.15, -0.1) is 0 Å². The summed E-state index contributed by atoms with van der Waals surface area (Å²) in [6, 6.07) is 5.67. The average molecular weight is 324 g/mol. The minimum absolute atomic E-state index is 0.200. The fourth-order valence-corrected chi connectivity index (χ4v) is 4.25. The molecular formula is C16H24N2O3S. The summed E-state index contributed by atoms with van der Waals surface area (Å²) in [6.45, 7) is 2.62. The van der Waals surface area contributed by atoms with E-state index in [1.54, 1.807) is 20.2 Å². The Kier molecular flexibility index (Phi) is 3.95. The zero-order valence-corrected chi connectivity index (χ0v) is 14.1. The molecule has 2 aliphatic rings. The minimum Gasteiger partial charge on any atom is -0.508 e. The smallest absolute Gasteiger partial charge is 0.213 e. The van der Waals surface area contributed by atoms with Crippen molar-refractivity contribution in [3.63, 3.8) is 0 Å². The summed E-state index contributed by atoms with van der Waals surface area (Å²) >= 11 is 0. The van der Waals surface area contributed by atoms with E-state index in [0.29, 0.717) is 12.2 Å². The van der Waals surface area contributed by atoms with Crippen molar-refractivity contribution in [3.05, 3.63) is 29.3 Å². The van der Waals surface area contributed by atoms with E-state index >= 15 is 0 Å². The van der Waals surface area contributed by atoms with Crippen molar-refractivity contribution in [2.45, 2.75) is 31.2 Å². The molecular weight excluding hydrogens is 300 g/mol. The molecule has 1 heterocycles. The molecule has 1 N–H and O–H groups in total. The number of benzene rings is 1. The van der Waals surface area contributed by atoms with Gasteiger partial charge in [-0.05, 0) is 49.1 Å². The second-order valence-electron chi connectivity index (χ2n) is 6.78. The Balaban J connectivity index is 1.65. The third-order valence-corrected chi connectivity index (χ3v) is 6.79. The van der Waals surface area contributed by atoms with E-state index in [-0.39, 0.29) is 11.2 Å². The Bertz CT molecular complexity index is 666. The maximum absolute atomic E-state index is 11.8. The van der Waals surface area contributed by atoms with Gasteiger partial charge >= 0.3 is 0 Å². The second-order valence-corrected chi connectivity index (χ2v) is 9.09. The number of hydrogen-bond donors (Lipinski definition) is 1. The second kappa shape index (κ2) is 5.51. The Morgan fingerprint density at radius 2 is 2.05 bits per heavy atom. The lowest BCUT2D eigenvalue weighted by Crippen LogP contribution is -2.39. The molecule has 0 atom stereocenters. The molecule has 5 nitrogen and oxygen atoms in total. The van der Waals surface area contributed by atoms with Crippen molar-refractivity contribution in [3.8, 4) is 5.75 Å². The van der Waals surface area contributed by atoms with Crippen molar-refractivity contribution in [2.24, 2.45) is 0 Å². The molecule has 1 aromatic rings. The average Bonchev–Trinajstić information content (AvgIpc) is 3.20. The van der Waals surface area contributed by atoms with Crippen LogP contribution in [0.15, 0.2) is 18.2 Å². The van der Waals surface area contributed by atoms with Crippen LogP contribution in [0.4, 0.5) is 0 Å². The number of hydrogen-bond acceptors (Lipinski definition) is 4. The largest absolute Gasteiger partial charge is 0.508 e. The molecule has 22 heavy (non-hydrogen) atoms. The number of phenolic OH excluding ortho intramolecular Hbond substituents is 1. The van der Waals surface area contributed by atoms with Gasteiger partial charge in [0.15, 0.2) is 0 Å². The van der Waals surface area contributed by atoms with Gasteiger partial charge in [0, 0.05) is 32.6 Å². The highest BCUT2D eigenvalue weighted by Gasteiger charge is 2.48. The number of phenols is 1. The lowest BCUT2D eigenvalue weighted by atomic mass is 9.86. The molecule has 1 aromatic carbocycles. The van der Waals surface area contributed by atoms with Crippen LogP contribution in [0.3, 0.4) is 0 Å². The number of fused-ring (bicyclic) bond motifs is 2. The van der Waals surface area contributed by atoms with Crippen LogP contribution in [0.1, 0.15) is 30.4 Å². The van der Waals surface area contributed by atoms with Gasteiger partial charge in [-0.2, -0.15) is 0 Å². The first-order chi connectivity index (χ1) is 10.3. The highest BCUT2D eigenvalue weighted by molar-refractivity contribution is 7.89. The Labute approximate surface area is 132 Å². The lowest BCUT2D eigenvalue weighted by Gasteiger charge is -2.35. The molecule has 1 spiro atoms. The fraction of sp³-hybridized carbons (Fsp3) is 0.625. The number of sulfonamides is 1. The minimum atomic E-state index is -3.10. The molecule has 1 fully saturated rings. The number of rotatable bonds is 5. The molecule has 1 saturated carbocycles. The van der Waals surface area contributed by atoms with Gasteiger partial charge in [0.25, 0.3) is 0 Å². The molecule has 0 saturated heterocycles. The van der Waals surface area contributed by atoms with Gasteiger partial charge in [-0.3, -0.25) is 4.90 Å². The van der Waals surface area contributed by atoms with Crippen LogP contribution in [0.2, 0.25) is 0 Å². The summed E-state index contributed by atoms with van der Waals surface area (Å²) in [5.74, 6) is 0.543. The van der Waals surface area contributed by atoms with Crippen LogP contribution < -0.4 is 0 Å². The van der Waals surface area contributed by atoms with E-state index in [1.165, 1.54) is 15.4 Å². The number of nitrogens with zero attached hydrogens (tertiary/aromatic N) is 2. The van der Waals surface area contributed by atoms with Crippen molar-refractivity contribution < 1.29 is 13.5 Å². The van der Waals surface area contributed by atoms with Crippen LogP contribution in [0.25, 0.3) is 0 Å². The first kappa shape index (κ1) is 15.8. The number of aromatic hydroxyl groups is 1. The van der Waals surface area contributed by atoms with E-state index in [0.717, 1.165) is 32.5 Å². The Hall–Kier alpha value is -1.11. The molecule has 122 valence electrons. The summed E-state index contributed by atoms with van der Waals surface area (Å²) in [5.41, 5.74) is 2.77. The topological polar surface area (TPSA) is 60.9 Å². The van der Waals surface area contributed by atoms with Gasteiger partial charge in [0.05, 0.1) is 5.75 Å². The predicted octanol–water partition coefficient (Wildman–Crippen LogP) is 1.52. The molecule has 1 aliphatic carbocycles. The molecule has 0 amide bonds. The summed E-state index contributed by atoms with van der Waals surface area (Å²) in [4.78, 5) is 2.36. The first-order valence-electron chi connectivity index (χ1n) is 7.77. The summed E-state index contributed by atoms with van der Waals surface area (Å²) in [6.07, 6.45) is 2.98. The third-order valence-electron chi connectivity index (χ3n) is 4.87. The molecule has 0 radical (unpaired) electrons. The molecule has 1 aliphatic heterocycles. The van der Waals surface area contributed by atoms with E-state index < -0.39 is 10.0 Å². The van der Waals surface area contributed by atoms with Crippen LogP contribution in [0, 0.1) is 0 Å². The standard InChI is InChI=1S/C16H24N2O3S/c1-17(2)22(20,21)9-3-8-18-11-13-4-5-14(19)10-15(13)16(12-18)6-7-16/h4-5,10,19H,3,6-9,11-12H2,1-2H3. The van der Waals surface area contributed by atoms with Crippen molar-refractivity contribution in [2.75, 3.05) is 32.9 Å². The van der Waals surface area contributed by atoms with Crippen LogP contribution >= 0.6 is 0 Å². The van der Waals surface area contributed by atoms with Gasteiger partial charge in [-0.25, -0.2) is 12.7 Å². The first-order valence-corrected chi connectivity index (χ1v) is 9.38.